The first-order valence-corrected chi connectivity index (χ1v) is 10.8. The molecule has 9 heteroatoms. The third kappa shape index (κ3) is 4.73. The van der Waals surface area contributed by atoms with Gasteiger partial charge in [-0.25, -0.2) is 19.9 Å². The minimum Gasteiger partial charge on any atom is -0.345 e. The van der Waals surface area contributed by atoms with Crippen molar-refractivity contribution in [3.05, 3.63) is 52.4 Å². The maximum Gasteiger partial charge on any atom is 0.246 e. The van der Waals surface area contributed by atoms with Gasteiger partial charge in [0, 0.05) is 36.0 Å². The maximum absolute atomic E-state index is 12.6. The van der Waals surface area contributed by atoms with E-state index >= 15 is 0 Å². The summed E-state index contributed by atoms with van der Waals surface area (Å²) < 4.78 is 0. The number of thiazole rings is 1. The van der Waals surface area contributed by atoms with Crippen molar-refractivity contribution < 1.29 is 4.79 Å². The highest BCUT2D eigenvalue weighted by Crippen LogP contribution is 2.29. The number of amides is 1. The minimum atomic E-state index is 0.00663. The van der Waals surface area contributed by atoms with E-state index in [1.807, 2.05) is 24.8 Å². The number of aryl methyl sites for hydroxylation is 3. The van der Waals surface area contributed by atoms with E-state index in [4.69, 9.17) is 0 Å². The molecule has 0 radical (unpaired) electrons. The Bertz CT molecular complexity index is 1040. The van der Waals surface area contributed by atoms with Gasteiger partial charge >= 0.3 is 0 Å². The van der Waals surface area contributed by atoms with Gasteiger partial charge in [-0.1, -0.05) is 0 Å². The van der Waals surface area contributed by atoms with Crippen LogP contribution in [-0.4, -0.2) is 48.8 Å². The molecule has 4 rings (SSSR count). The Balaban J connectivity index is 1.47. The van der Waals surface area contributed by atoms with E-state index in [9.17, 15) is 4.79 Å². The van der Waals surface area contributed by atoms with Crippen molar-refractivity contribution in [2.75, 3.05) is 18.4 Å². The van der Waals surface area contributed by atoms with Crippen molar-refractivity contribution in [1.82, 2.24) is 29.8 Å². The van der Waals surface area contributed by atoms with Gasteiger partial charge in [0.2, 0.25) is 5.91 Å². The van der Waals surface area contributed by atoms with Crippen LogP contribution in [0.5, 0.6) is 0 Å². The van der Waals surface area contributed by atoms with Crippen LogP contribution in [-0.2, 0) is 4.79 Å². The summed E-state index contributed by atoms with van der Waals surface area (Å²) in [5.41, 5.74) is 2.80. The van der Waals surface area contributed by atoms with Gasteiger partial charge in [0.05, 0.1) is 29.6 Å². The number of hydrogen-bond acceptors (Lipinski definition) is 7. The highest BCUT2D eigenvalue weighted by atomic mass is 32.1. The van der Waals surface area contributed by atoms with E-state index in [-0.39, 0.29) is 11.8 Å². The number of likely N-dealkylation sites (tertiary alicyclic amines) is 1. The van der Waals surface area contributed by atoms with Gasteiger partial charge in [-0.05, 0) is 39.7 Å². The Kier molecular flexibility index (Phi) is 5.89. The van der Waals surface area contributed by atoms with E-state index in [0.29, 0.717) is 12.4 Å². The van der Waals surface area contributed by atoms with E-state index in [2.05, 4.69) is 37.2 Å². The van der Waals surface area contributed by atoms with Crippen molar-refractivity contribution >= 4 is 34.3 Å². The Morgan fingerprint density at radius 3 is 2.90 bits per heavy atom. The normalized spacial score (nSPS) is 16.9. The van der Waals surface area contributed by atoms with Crippen LogP contribution < -0.4 is 5.32 Å². The molecular formula is C21H25N7OS. The lowest BCUT2D eigenvalue weighted by atomic mass is 9.94. The first-order valence-electron chi connectivity index (χ1n) is 10.00. The maximum atomic E-state index is 12.6. The number of piperidine rings is 1. The predicted molar refractivity (Wildman–Crippen MR) is 118 cm³/mol. The molecule has 156 valence electrons. The number of aromatic amines is 1. The number of H-pyrrole nitrogens is 1. The van der Waals surface area contributed by atoms with Crippen LogP contribution >= 0.6 is 11.3 Å². The van der Waals surface area contributed by atoms with E-state index in [1.165, 1.54) is 4.88 Å². The fraction of sp³-hybridized carbons (Fsp3) is 0.381. The Morgan fingerprint density at radius 1 is 1.30 bits per heavy atom. The summed E-state index contributed by atoms with van der Waals surface area (Å²) in [6, 6.07) is 1.98. The van der Waals surface area contributed by atoms with Crippen LogP contribution in [0.4, 0.5) is 10.9 Å². The molecule has 1 atom stereocenters. The fourth-order valence-electron chi connectivity index (χ4n) is 3.54. The molecule has 0 spiro atoms. The van der Waals surface area contributed by atoms with Crippen LogP contribution in [0.2, 0.25) is 0 Å². The summed E-state index contributed by atoms with van der Waals surface area (Å²) in [5, 5.41) is 4.14. The monoisotopic (exact) mass is 423 g/mol. The average Bonchev–Trinajstić information content (AvgIpc) is 3.35. The van der Waals surface area contributed by atoms with Crippen molar-refractivity contribution in [2.45, 2.75) is 39.5 Å². The lowest BCUT2D eigenvalue weighted by molar-refractivity contribution is -0.127. The molecule has 1 aliphatic heterocycles. The van der Waals surface area contributed by atoms with Crippen LogP contribution in [0, 0.1) is 20.8 Å². The van der Waals surface area contributed by atoms with Gasteiger partial charge < -0.3 is 15.2 Å². The van der Waals surface area contributed by atoms with Crippen molar-refractivity contribution in [2.24, 2.45) is 0 Å². The predicted octanol–water partition coefficient (Wildman–Crippen LogP) is 3.74. The smallest absolute Gasteiger partial charge is 0.246 e. The standard InChI is InChI=1S/C21H25N7OS/c1-13-14(2)30-21(24-13)27-19-9-18(25-15(3)26-19)16-5-4-8-28(11-16)20(29)7-6-17-10-22-12-23-17/h6-7,9-10,12,16H,4-5,8,11H2,1-3H3,(H,22,23)(H,24,25,26,27)/b7-6+/t16-/m1/s1. The Labute approximate surface area is 179 Å². The summed E-state index contributed by atoms with van der Waals surface area (Å²) in [6.45, 7) is 7.37. The molecule has 8 nitrogen and oxygen atoms in total. The molecule has 1 amide bonds. The highest BCUT2D eigenvalue weighted by Gasteiger charge is 2.25. The number of nitrogens with one attached hydrogen (secondary N) is 2. The molecule has 1 saturated heterocycles. The molecule has 0 saturated carbocycles. The number of aromatic nitrogens is 5. The molecule has 1 aliphatic rings. The van der Waals surface area contributed by atoms with Crippen molar-refractivity contribution in [3.63, 3.8) is 0 Å². The molecular weight excluding hydrogens is 398 g/mol. The van der Waals surface area contributed by atoms with Crippen molar-refractivity contribution in [3.8, 4) is 0 Å². The van der Waals surface area contributed by atoms with E-state index in [0.717, 1.165) is 47.4 Å². The third-order valence-electron chi connectivity index (χ3n) is 5.20. The Hall–Kier alpha value is -3.07. The van der Waals surface area contributed by atoms with Crippen LogP contribution in [0.3, 0.4) is 0 Å². The number of imidazole rings is 1. The highest BCUT2D eigenvalue weighted by molar-refractivity contribution is 7.15. The van der Waals surface area contributed by atoms with Gasteiger partial charge in [0.1, 0.15) is 11.6 Å². The molecule has 0 unspecified atom stereocenters. The minimum absolute atomic E-state index is 0.00663. The first kappa shape index (κ1) is 20.2. The van der Waals surface area contributed by atoms with Crippen LogP contribution in [0.1, 0.15) is 46.5 Å². The van der Waals surface area contributed by atoms with Crippen molar-refractivity contribution in [1.29, 1.82) is 0 Å². The van der Waals surface area contributed by atoms with Crippen LogP contribution in [0.15, 0.2) is 24.7 Å². The number of anilines is 2. The SMILES string of the molecule is Cc1nc(Nc2nc(C)c(C)s2)cc([C@@H]2CCCN(C(=O)/C=C/c3cnc[nH]3)C2)n1. The summed E-state index contributed by atoms with van der Waals surface area (Å²) in [4.78, 5) is 36.4. The molecule has 0 bridgehead atoms. The number of hydrogen-bond donors (Lipinski definition) is 2. The number of carbonyl (C=O) groups is 1. The van der Waals surface area contributed by atoms with E-state index < -0.39 is 0 Å². The molecule has 30 heavy (non-hydrogen) atoms. The zero-order valence-corrected chi connectivity index (χ0v) is 18.2. The van der Waals surface area contributed by atoms with Gasteiger partial charge in [-0.15, -0.1) is 11.3 Å². The summed E-state index contributed by atoms with van der Waals surface area (Å²) in [6.07, 6.45) is 8.59. The molecule has 0 aliphatic carbocycles. The largest absolute Gasteiger partial charge is 0.345 e. The average molecular weight is 424 g/mol. The topological polar surface area (TPSA) is 99.7 Å². The second kappa shape index (κ2) is 8.74. The summed E-state index contributed by atoms with van der Waals surface area (Å²) >= 11 is 1.61. The number of carbonyl (C=O) groups excluding carboxylic acids is 1. The molecule has 3 aromatic heterocycles. The summed E-state index contributed by atoms with van der Waals surface area (Å²) in [5.74, 6) is 1.65. The van der Waals surface area contributed by atoms with E-state index in [1.54, 1.807) is 36.0 Å². The summed E-state index contributed by atoms with van der Waals surface area (Å²) in [7, 11) is 0. The fourth-order valence-corrected chi connectivity index (χ4v) is 4.36. The third-order valence-corrected chi connectivity index (χ3v) is 6.19. The quantitative estimate of drug-likeness (QED) is 0.607. The zero-order chi connectivity index (χ0) is 21.1. The molecule has 2 N–H and O–H groups in total. The molecule has 4 heterocycles. The molecule has 0 aromatic carbocycles. The first-order chi connectivity index (χ1) is 14.5. The van der Waals surface area contributed by atoms with Gasteiger partial charge in [-0.3, -0.25) is 4.79 Å². The van der Waals surface area contributed by atoms with Gasteiger partial charge in [0.25, 0.3) is 0 Å². The lowest BCUT2D eigenvalue weighted by Gasteiger charge is -2.32. The number of rotatable bonds is 5. The Morgan fingerprint density at radius 2 is 2.17 bits per heavy atom. The molecule has 3 aromatic rings. The van der Waals surface area contributed by atoms with Gasteiger partial charge in [-0.2, -0.15) is 0 Å². The second-order valence-corrected chi connectivity index (χ2v) is 8.68. The van der Waals surface area contributed by atoms with Gasteiger partial charge in [0.15, 0.2) is 5.13 Å². The van der Waals surface area contributed by atoms with Crippen LogP contribution in [0.25, 0.3) is 6.08 Å². The second-order valence-electron chi connectivity index (χ2n) is 7.47. The molecule has 1 fully saturated rings. The zero-order valence-electron chi connectivity index (χ0n) is 17.3. The number of nitrogens with zero attached hydrogens (tertiary/aromatic N) is 5. The lowest BCUT2D eigenvalue weighted by Crippen LogP contribution is -2.38.